The molecule has 2 aromatic heterocycles. The Morgan fingerprint density at radius 1 is 1.32 bits per heavy atom. The highest BCUT2D eigenvalue weighted by Gasteiger charge is 2.12. The fraction of sp³-hybridized carbons (Fsp3) is 0.267. The standard InChI is InChI=1S/C15H16N4O2S/c1-3-12-9-13(20)19-14(16-12)22-15(17-19)18(2)21-10-11-7-5-4-6-8-11/h4-9H,3,10H2,1-2H3. The molecule has 22 heavy (non-hydrogen) atoms. The van der Waals surface area contributed by atoms with E-state index in [-0.39, 0.29) is 5.56 Å². The lowest BCUT2D eigenvalue weighted by Gasteiger charge is -2.14. The van der Waals surface area contributed by atoms with Gasteiger partial charge in [0.2, 0.25) is 10.1 Å². The van der Waals surface area contributed by atoms with Crippen LogP contribution in [0.5, 0.6) is 0 Å². The zero-order valence-electron chi connectivity index (χ0n) is 12.4. The Kier molecular flexibility index (Phi) is 4.17. The second-order valence-electron chi connectivity index (χ2n) is 4.77. The molecule has 0 aliphatic carbocycles. The molecule has 0 saturated heterocycles. The van der Waals surface area contributed by atoms with E-state index in [2.05, 4.69) is 10.1 Å². The highest BCUT2D eigenvalue weighted by molar-refractivity contribution is 7.20. The maximum Gasteiger partial charge on any atom is 0.275 e. The molecule has 0 spiro atoms. The summed E-state index contributed by atoms with van der Waals surface area (Å²) < 4.78 is 1.31. The average molecular weight is 316 g/mol. The van der Waals surface area contributed by atoms with Crippen LogP contribution in [0, 0.1) is 0 Å². The van der Waals surface area contributed by atoms with Gasteiger partial charge < -0.3 is 0 Å². The summed E-state index contributed by atoms with van der Waals surface area (Å²) in [5.74, 6) is 0. The van der Waals surface area contributed by atoms with Crippen molar-refractivity contribution in [3.05, 3.63) is 58.0 Å². The number of benzene rings is 1. The van der Waals surface area contributed by atoms with Crippen LogP contribution in [-0.4, -0.2) is 21.6 Å². The average Bonchev–Trinajstić information content (AvgIpc) is 2.98. The fourth-order valence-corrected chi connectivity index (χ4v) is 2.80. The molecule has 0 radical (unpaired) electrons. The molecule has 2 heterocycles. The monoisotopic (exact) mass is 316 g/mol. The molecule has 0 aliphatic rings. The van der Waals surface area contributed by atoms with E-state index < -0.39 is 0 Å². The van der Waals surface area contributed by atoms with E-state index in [0.717, 1.165) is 17.7 Å². The van der Waals surface area contributed by atoms with Gasteiger partial charge in [-0.3, -0.25) is 9.63 Å². The van der Waals surface area contributed by atoms with Gasteiger partial charge in [0.1, 0.15) is 0 Å². The highest BCUT2D eigenvalue weighted by atomic mass is 32.1. The lowest BCUT2D eigenvalue weighted by molar-refractivity contribution is 0.108. The molecule has 0 aliphatic heterocycles. The Morgan fingerprint density at radius 3 is 2.82 bits per heavy atom. The molecule has 0 bridgehead atoms. The van der Waals surface area contributed by atoms with Gasteiger partial charge in [0.25, 0.3) is 5.56 Å². The predicted molar refractivity (Wildman–Crippen MR) is 86.1 cm³/mol. The van der Waals surface area contributed by atoms with Crippen molar-refractivity contribution < 1.29 is 4.84 Å². The summed E-state index contributed by atoms with van der Waals surface area (Å²) in [4.78, 5) is 22.7. The van der Waals surface area contributed by atoms with Crippen LogP contribution in [-0.2, 0) is 17.9 Å². The number of rotatable bonds is 5. The molecule has 0 atom stereocenters. The van der Waals surface area contributed by atoms with Gasteiger partial charge >= 0.3 is 0 Å². The summed E-state index contributed by atoms with van der Waals surface area (Å²) in [6.45, 7) is 2.41. The van der Waals surface area contributed by atoms with Crippen molar-refractivity contribution in [3.63, 3.8) is 0 Å². The van der Waals surface area contributed by atoms with Gasteiger partial charge in [0.05, 0.1) is 6.61 Å². The maximum atomic E-state index is 12.0. The zero-order valence-corrected chi connectivity index (χ0v) is 13.2. The molecule has 0 N–H and O–H groups in total. The summed E-state index contributed by atoms with van der Waals surface area (Å²) in [6, 6.07) is 11.4. The Morgan fingerprint density at radius 2 is 2.09 bits per heavy atom. The number of fused-ring (bicyclic) bond motifs is 1. The van der Waals surface area contributed by atoms with Crippen LogP contribution >= 0.6 is 11.3 Å². The molecular formula is C15H16N4O2S. The van der Waals surface area contributed by atoms with Gasteiger partial charge in [-0.05, 0) is 12.0 Å². The summed E-state index contributed by atoms with van der Waals surface area (Å²) in [6.07, 6.45) is 0.722. The van der Waals surface area contributed by atoms with E-state index in [1.807, 2.05) is 37.3 Å². The zero-order chi connectivity index (χ0) is 15.5. The smallest absolute Gasteiger partial charge is 0.267 e. The van der Waals surface area contributed by atoms with Crippen molar-refractivity contribution in [1.29, 1.82) is 0 Å². The number of nitrogens with zero attached hydrogens (tertiary/aromatic N) is 4. The van der Waals surface area contributed by atoms with Gasteiger partial charge in [0.15, 0.2) is 0 Å². The molecule has 0 amide bonds. The number of hydrogen-bond donors (Lipinski definition) is 0. The molecule has 7 heteroatoms. The SMILES string of the molecule is CCc1cc(=O)n2nc(N(C)OCc3ccccc3)sc2n1. The third-order valence-corrected chi connectivity index (χ3v) is 4.15. The van der Waals surface area contributed by atoms with Gasteiger partial charge in [-0.15, -0.1) is 5.10 Å². The Balaban J connectivity index is 1.80. The first-order valence-electron chi connectivity index (χ1n) is 6.97. The summed E-state index contributed by atoms with van der Waals surface area (Å²) in [7, 11) is 1.77. The first-order chi connectivity index (χ1) is 10.7. The lowest BCUT2D eigenvalue weighted by Crippen LogP contribution is -2.19. The molecule has 3 rings (SSSR count). The number of aromatic nitrogens is 3. The van der Waals surface area contributed by atoms with E-state index in [1.54, 1.807) is 12.1 Å². The van der Waals surface area contributed by atoms with Gasteiger partial charge in [-0.1, -0.05) is 48.6 Å². The van der Waals surface area contributed by atoms with Crippen LogP contribution in [0.3, 0.4) is 0 Å². The molecule has 0 unspecified atom stereocenters. The molecule has 1 aromatic carbocycles. The third kappa shape index (κ3) is 3.00. The van der Waals surface area contributed by atoms with Crippen molar-refractivity contribution in [3.8, 4) is 0 Å². The number of aryl methyl sites for hydroxylation is 1. The number of anilines is 1. The van der Waals surface area contributed by atoms with Crippen LogP contribution in [0.4, 0.5) is 5.13 Å². The van der Waals surface area contributed by atoms with Crippen LogP contribution < -0.4 is 10.6 Å². The van der Waals surface area contributed by atoms with E-state index in [1.165, 1.54) is 21.9 Å². The van der Waals surface area contributed by atoms with E-state index in [0.29, 0.717) is 16.7 Å². The number of hydroxylamine groups is 1. The highest BCUT2D eigenvalue weighted by Crippen LogP contribution is 2.21. The first kappa shape index (κ1) is 14.7. The molecule has 3 aromatic rings. The number of hydrogen-bond acceptors (Lipinski definition) is 6. The van der Waals surface area contributed by atoms with E-state index >= 15 is 0 Å². The predicted octanol–water partition coefficient (Wildman–Crippen LogP) is 2.28. The normalized spacial score (nSPS) is 11.0. The lowest BCUT2D eigenvalue weighted by atomic mass is 10.2. The fourth-order valence-electron chi connectivity index (χ4n) is 1.96. The summed E-state index contributed by atoms with van der Waals surface area (Å²) in [5, 5.41) is 6.42. The topological polar surface area (TPSA) is 59.7 Å². The second kappa shape index (κ2) is 6.25. The largest absolute Gasteiger partial charge is 0.275 e. The summed E-state index contributed by atoms with van der Waals surface area (Å²) >= 11 is 1.33. The minimum atomic E-state index is -0.166. The van der Waals surface area contributed by atoms with Crippen LogP contribution in [0.2, 0.25) is 0 Å². The minimum Gasteiger partial charge on any atom is -0.267 e. The molecule has 0 saturated carbocycles. The molecule has 0 fully saturated rings. The van der Waals surface area contributed by atoms with Crippen LogP contribution in [0.1, 0.15) is 18.2 Å². The van der Waals surface area contributed by atoms with Crippen molar-refractivity contribution >= 4 is 21.4 Å². The Bertz CT molecular complexity index is 828. The van der Waals surface area contributed by atoms with Crippen LogP contribution in [0.25, 0.3) is 4.96 Å². The molecular weight excluding hydrogens is 300 g/mol. The van der Waals surface area contributed by atoms with E-state index in [9.17, 15) is 4.79 Å². The maximum absolute atomic E-state index is 12.0. The molecule has 114 valence electrons. The van der Waals surface area contributed by atoms with Crippen molar-refractivity contribution in [2.45, 2.75) is 20.0 Å². The Hall–Kier alpha value is -2.25. The third-order valence-electron chi connectivity index (χ3n) is 3.19. The van der Waals surface area contributed by atoms with Gasteiger partial charge in [-0.25, -0.2) is 10.0 Å². The summed E-state index contributed by atoms with van der Waals surface area (Å²) in [5.41, 5.74) is 1.67. The van der Waals surface area contributed by atoms with E-state index in [4.69, 9.17) is 4.84 Å². The quantitative estimate of drug-likeness (QED) is 0.676. The van der Waals surface area contributed by atoms with Gasteiger partial charge in [0, 0.05) is 18.8 Å². The molecule has 6 nitrogen and oxygen atoms in total. The Labute approximate surface area is 131 Å². The van der Waals surface area contributed by atoms with Crippen molar-refractivity contribution in [1.82, 2.24) is 14.6 Å². The van der Waals surface area contributed by atoms with Crippen LogP contribution in [0.15, 0.2) is 41.2 Å². The van der Waals surface area contributed by atoms with Crippen molar-refractivity contribution in [2.24, 2.45) is 0 Å². The van der Waals surface area contributed by atoms with Gasteiger partial charge in [-0.2, -0.15) is 4.52 Å². The van der Waals surface area contributed by atoms with Crippen molar-refractivity contribution in [2.75, 3.05) is 12.1 Å². The minimum absolute atomic E-state index is 0.166. The first-order valence-corrected chi connectivity index (χ1v) is 7.79. The second-order valence-corrected chi connectivity index (χ2v) is 5.71.